The van der Waals surface area contributed by atoms with Crippen molar-refractivity contribution in [3.63, 3.8) is 0 Å². The smallest absolute Gasteiger partial charge is 0.254 e. The number of anilines is 3. The van der Waals surface area contributed by atoms with Crippen molar-refractivity contribution < 1.29 is 4.79 Å². The van der Waals surface area contributed by atoms with E-state index in [1.165, 1.54) is 6.20 Å². The minimum Gasteiger partial charge on any atom is -0.365 e. The van der Waals surface area contributed by atoms with Gasteiger partial charge in [-0.25, -0.2) is 4.98 Å². The van der Waals surface area contributed by atoms with E-state index in [0.29, 0.717) is 23.0 Å². The maximum atomic E-state index is 11.9. The number of amides is 1. The van der Waals surface area contributed by atoms with Gasteiger partial charge in [-0.2, -0.15) is 4.98 Å². The normalized spacial score (nSPS) is 19.3. The summed E-state index contributed by atoms with van der Waals surface area (Å²) >= 11 is 0. The average molecular weight is 378 g/mol. The molecule has 3 aromatic rings. The van der Waals surface area contributed by atoms with Gasteiger partial charge in [0.15, 0.2) is 0 Å². The Kier molecular flexibility index (Phi) is 4.98. The van der Waals surface area contributed by atoms with Gasteiger partial charge in [-0.05, 0) is 25.0 Å². The number of nitrogens with one attached hydrogen (secondary N) is 2. The number of para-hydroxylation sites is 1. The Morgan fingerprint density at radius 1 is 1.11 bits per heavy atom. The molecule has 0 bridgehead atoms. The fourth-order valence-corrected chi connectivity index (χ4v) is 3.45. The largest absolute Gasteiger partial charge is 0.365 e. The summed E-state index contributed by atoms with van der Waals surface area (Å²) in [5.41, 5.74) is 14.0. The summed E-state index contributed by atoms with van der Waals surface area (Å²) in [5.74, 6) is 0.100. The molecule has 0 spiro atoms. The predicted octanol–water partition coefficient (Wildman–Crippen LogP) is 1.94. The van der Waals surface area contributed by atoms with Gasteiger partial charge < -0.3 is 22.1 Å². The highest BCUT2D eigenvalue weighted by Crippen LogP contribution is 2.26. The van der Waals surface area contributed by atoms with Crippen LogP contribution in [0.1, 0.15) is 36.0 Å². The zero-order valence-electron chi connectivity index (χ0n) is 15.3. The lowest BCUT2D eigenvalue weighted by Gasteiger charge is -2.29. The molecule has 1 saturated carbocycles. The van der Waals surface area contributed by atoms with Gasteiger partial charge in [0.2, 0.25) is 5.95 Å². The topological polar surface area (TPSA) is 145 Å². The fourth-order valence-electron chi connectivity index (χ4n) is 3.45. The molecule has 28 heavy (non-hydrogen) atoms. The molecule has 0 saturated heterocycles. The minimum atomic E-state index is -0.616. The molecule has 1 aliphatic rings. The molecule has 1 aromatic carbocycles. The van der Waals surface area contributed by atoms with Crippen LogP contribution in [-0.4, -0.2) is 37.9 Å². The molecule has 2 aromatic heterocycles. The summed E-state index contributed by atoms with van der Waals surface area (Å²) < 4.78 is 0. The Bertz CT molecular complexity index is 1000. The van der Waals surface area contributed by atoms with Crippen LogP contribution in [0.2, 0.25) is 0 Å². The van der Waals surface area contributed by atoms with Crippen molar-refractivity contribution in [3.8, 4) is 0 Å². The number of carbonyl (C=O) groups is 1. The summed E-state index contributed by atoms with van der Waals surface area (Å²) in [6.45, 7) is 0. The third kappa shape index (κ3) is 3.70. The maximum absolute atomic E-state index is 11.9. The average Bonchev–Trinajstić information content (AvgIpc) is 2.70. The van der Waals surface area contributed by atoms with E-state index in [9.17, 15) is 4.79 Å². The van der Waals surface area contributed by atoms with Crippen LogP contribution in [0.15, 0.2) is 36.8 Å². The van der Waals surface area contributed by atoms with E-state index in [2.05, 4.69) is 30.6 Å². The lowest BCUT2D eigenvalue weighted by atomic mass is 9.91. The summed E-state index contributed by atoms with van der Waals surface area (Å²) in [6.07, 6.45) is 8.84. The van der Waals surface area contributed by atoms with Crippen molar-refractivity contribution in [2.75, 3.05) is 10.6 Å². The van der Waals surface area contributed by atoms with Gasteiger partial charge in [0.25, 0.3) is 5.91 Å². The molecule has 2 atom stereocenters. The van der Waals surface area contributed by atoms with Gasteiger partial charge in [-0.1, -0.05) is 18.9 Å². The lowest BCUT2D eigenvalue weighted by Crippen LogP contribution is -2.43. The van der Waals surface area contributed by atoms with Crippen LogP contribution in [0.3, 0.4) is 0 Å². The highest BCUT2D eigenvalue weighted by Gasteiger charge is 2.23. The van der Waals surface area contributed by atoms with Gasteiger partial charge >= 0.3 is 0 Å². The molecular weight excluding hydrogens is 356 g/mol. The Labute approximate surface area is 162 Å². The molecule has 1 fully saturated rings. The van der Waals surface area contributed by atoms with E-state index in [0.717, 1.165) is 31.2 Å². The van der Waals surface area contributed by atoms with Gasteiger partial charge in [0, 0.05) is 30.7 Å². The van der Waals surface area contributed by atoms with Crippen LogP contribution in [-0.2, 0) is 0 Å². The molecule has 9 nitrogen and oxygen atoms in total. The number of nitrogens with zero attached hydrogens (tertiary/aromatic N) is 4. The van der Waals surface area contributed by atoms with Crippen molar-refractivity contribution in [1.82, 2.24) is 19.9 Å². The van der Waals surface area contributed by atoms with E-state index >= 15 is 0 Å². The zero-order valence-corrected chi connectivity index (χ0v) is 15.3. The summed E-state index contributed by atoms with van der Waals surface area (Å²) in [7, 11) is 0. The standard InChI is InChI=1S/C19H22N8O/c20-12-4-1-2-5-13(12)26-19-24-10-11(17(21)28)18(27-19)25-15-7-3-6-14-16(15)23-9-8-22-14/h3,6-10,12-13H,1-2,4-5,20H2,(H2,21,28)(H2,24,25,26,27)/t12-,13+/m0/s1. The Balaban J connectivity index is 1.67. The van der Waals surface area contributed by atoms with Crippen molar-refractivity contribution >= 4 is 34.4 Å². The lowest BCUT2D eigenvalue weighted by molar-refractivity contribution is 0.100. The number of rotatable bonds is 5. The van der Waals surface area contributed by atoms with E-state index < -0.39 is 5.91 Å². The zero-order chi connectivity index (χ0) is 19.5. The highest BCUT2D eigenvalue weighted by molar-refractivity contribution is 5.99. The van der Waals surface area contributed by atoms with Crippen LogP contribution < -0.4 is 22.1 Å². The van der Waals surface area contributed by atoms with Gasteiger partial charge in [-0.15, -0.1) is 0 Å². The molecule has 1 amide bonds. The quantitative estimate of drug-likeness (QED) is 0.527. The Morgan fingerprint density at radius 2 is 1.93 bits per heavy atom. The molecule has 4 rings (SSSR count). The number of hydrogen-bond acceptors (Lipinski definition) is 8. The fraction of sp³-hybridized carbons (Fsp3) is 0.316. The minimum absolute atomic E-state index is 0.0536. The molecule has 9 heteroatoms. The summed E-state index contributed by atoms with van der Waals surface area (Å²) in [6, 6.07) is 5.71. The number of aromatic nitrogens is 4. The van der Waals surface area contributed by atoms with Crippen molar-refractivity contribution in [1.29, 1.82) is 0 Å². The molecule has 0 radical (unpaired) electrons. The number of carbonyl (C=O) groups excluding carboxylic acids is 1. The summed E-state index contributed by atoms with van der Waals surface area (Å²) in [4.78, 5) is 29.2. The number of benzene rings is 1. The number of nitrogens with two attached hydrogens (primary N) is 2. The van der Waals surface area contributed by atoms with Gasteiger partial charge in [0.05, 0.1) is 11.2 Å². The second-order valence-electron chi connectivity index (χ2n) is 6.87. The van der Waals surface area contributed by atoms with E-state index in [-0.39, 0.29) is 17.6 Å². The second kappa shape index (κ2) is 7.73. The van der Waals surface area contributed by atoms with Crippen molar-refractivity contribution in [2.24, 2.45) is 11.5 Å². The maximum Gasteiger partial charge on any atom is 0.254 e. The van der Waals surface area contributed by atoms with Crippen molar-refractivity contribution in [3.05, 3.63) is 42.4 Å². The van der Waals surface area contributed by atoms with Gasteiger partial charge in [-0.3, -0.25) is 14.8 Å². The van der Waals surface area contributed by atoms with Crippen LogP contribution in [0.4, 0.5) is 17.5 Å². The molecule has 1 aliphatic carbocycles. The van der Waals surface area contributed by atoms with Crippen LogP contribution >= 0.6 is 0 Å². The molecule has 2 heterocycles. The molecular formula is C19H22N8O. The third-order valence-corrected chi connectivity index (χ3v) is 4.94. The molecule has 0 aliphatic heterocycles. The van der Waals surface area contributed by atoms with Crippen LogP contribution in [0.5, 0.6) is 0 Å². The number of fused-ring (bicyclic) bond motifs is 1. The third-order valence-electron chi connectivity index (χ3n) is 4.94. The first-order valence-electron chi connectivity index (χ1n) is 9.27. The molecule has 6 N–H and O–H groups in total. The van der Waals surface area contributed by atoms with Crippen LogP contribution in [0, 0.1) is 0 Å². The molecule has 0 unspecified atom stereocenters. The highest BCUT2D eigenvalue weighted by atomic mass is 16.1. The van der Waals surface area contributed by atoms with E-state index in [4.69, 9.17) is 11.5 Å². The Morgan fingerprint density at radius 3 is 2.75 bits per heavy atom. The first kappa shape index (κ1) is 18.1. The Hall–Kier alpha value is -3.33. The van der Waals surface area contributed by atoms with E-state index in [1.54, 1.807) is 12.4 Å². The monoisotopic (exact) mass is 378 g/mol. The van der Waals surface area contributed by atoms with Crippen LogP contribution in [0.25, 0.3) is 11.0 Å². The summed E-state index contributed by atoms with van der Waals surface area (Å²) in [5, 5.41) is 6.45. The predicted molar refractivity (Wildman–Crippen MR) is 107 cm³/mol. The second-order valence-corrected chi connectivity index (χ2v) is 6.87. The first-order chi connectivity index (χ1) is 13.6. The first-order valence-corrected chi connectivity index (χ1v) is 9.27. The molecule has 144 valence electrons. The number of hydrogen-bond donors (Lipinski definition) is 4. The number of primary amides is 1. The van der Waals surface area contributed by atoms with E-state index in [1.807, 2.05) is 18.2 Å². The SMILES string of the molecule is NC(=O)c1cnc(N[C@@H]2CCCC[C@@H]2N)nc1Nc1cccc2nccnc12. The van der Waals surface area contributed by atoms with Crippen molar-refractivity contribution in [2.45, 2.75) is 37.8 Å². The van der Waals surface area contributed by atoms with Gasteiger partial charge in [0.1, 0.15) is 16.9 Å².